The molecule has 0 bridgehead atoms. The number of fused-ring (bicyclic) bond motifs is 2. The molecule has 80 heavy (non-hydrogen) atoms. The van der Waals surface area contributed by atoms with Crippen LogP contribution in [0.4, 0.5) is 34.1 Å². The van der Waals surface area contributed by atoms with Crippen LogP contribution in [0.25, 0.3) is 89.7 Å². The Balaban J connectivity index is 0.736. The minimum Gasteiger partial charge on any atom is -0.310 e. The van der Waals surface area contributed by atoms with Crippen molar-refractivity contribution in [1.29, 1.82) is 0 Å². The monoisotopic (exact) mass is 1020 g/mol. The van der Waals surface area contributed by atoms with Gasteiger partial charge in [-0.15, -0.1) is 0 Å². The SMILES string of the molecule is c1ccc(-c2nc3ccccn3c2-c2ccc(-c3cccc(N(c4ccccc4)c4ccc(-c5ccc(N(c6ccccc6)c6cccc(-c7ccc(-c8c(-c9ccccc9)nc9ccccn89)cc7)c6)cc5)cc4)c3)cc2)cc1. The van der Waals surface area contributed by atoms with E-state index in [0.29, 0.717) is 0 Å². The maximum absolute atomic E-state index is 5.06. The van der Waals surface area contributed by atoms with Crippen molar-refractivity contribution in [2.45, 2.75) is 0 Å². The molecule has 14 aromatic rings. The first-order chi connectivity index (χ1) is 39.7. The fourth-order valence-electron chi connectivity index (χ4n) is 11.1. The summed E-state index contributed by atoms with van der Waals surface area (Å²) in [5, 5.41) is 0. The Bertz CT molecular complexity index is 4130. The van der Waals surface area contributed by atoms with Crippen molar-refractivity contribution in [2.75, 3.05) is 9.80 Å². The fraction of sp³-hybridized carbons (Fsp3) is 0. The van der Waals surface area contributed by atoms with Gasteiger partial charge in [-0.2, -0.15) is 0 Å². The lowest BCUT2D eigenvalue weighted by Crippen LogP contribution is -2.10. The Hall–Kier alpha value is -10.8. The van der Waals surface area contributed by atoms with E-state index in [1.807, 2.05) is 24.3 Å². The second kappa shape index (κ2) is 21.0. The summed E-state index contributed by atoms with van der Waals surface area (Å²) >= 11 is 0. The molecule has 14 rings (SSSR count). The van der Waals surface area contributed by atoms with E-state index in [4.69, 9.17) is 9.97 Å². The summed E-state index contributed by atoms with van der Waals surface area (Å²) in [5.74, 6) is 0. The van der Waals surface area contributed by atoms with E-state index in [2.05, 4.69) is 310 Å². The lowest BCUT2D eigenvalue weighted by molar-refractivity contribution is 1.19. The van der Waals surface area contributed by atoms with E-state index in [9.17, 15) is 0 Å². The predicted octanol–water partition coefficient (Wildman–Crippen LogP) is 19.6. The predicted molar refractivity (Wildman–Crippen MR) is 331 cm³/mol. The minimum atomic E-state index is 0.923. The molecule has 0 atom stereocenters. The minimum absolute atomic E-state index is 0.923. The van der Waals surface area contributed by atoms with Gasteiger partial charge in [-0.1, -0.05) is 206 Å². The van der Waals surface area contributed by atoms with E-state index < -0.39 is 0 Å². The summed E-state index contributed by atoms with van der Waals surface area (Å²) in [4.78, 5) is 14.8. The molecular formula is C74H52N6. The van der Waals surface area contributed by atoms with Crippen molar-refractivity contribution in [2.24, 2.45) is 0 Å². The van der Waals surface area contributed by atoms with E-state index in [0.717, 1.165) is 124 Å². The molecule has 0 amide bonds. The molecular weight excluding hydrogens is 973 g/mol. The summed E-state index contributed by atoms with van der Waals surface area (Å²) in [7, 11) is 0. The fourth-order valence-corrected chi connectivity index (χ4v) is 11.1. The number of hydrogen-bond donors (Lipinski definition) is 0. The van der Waals surface area contributed by atoms with Crippen molar-refractivity contribution < 1.29 is 0 Å². The lowest BCUT2D eigenvalue weighted by atomic mass is 9.99. The van der Waals surface area contributed by atoms with Crippen molar-refractivity contribution in [3.63, 3.8) is 0 Å². The topological polar surface area (TPSA) is 41.1 Å². The Kier molecular flexibility index (Phi) is 12.5. The second-order valence-electron chi connectivity index (χ2n) is 19.9. The molecule has 6 heteroatoms. The lowest BCUT2D eigenvalue weighted by Gasteiger charge is -2.27. The number of benzene rings is 10. The highest BCUT2D eigenvalue weighted by molar-refractivity contribution is 5.87. The Morgan fingerprint density at radius 1 is 0.212 bits per heavy atom. The zero-order valence-corrected chi connectivity index (χ0v) is 43.7. The molecule has 0 radical (unpaired) electrons. The summed E-state index contributed by atoms with van der Waals surface area (Å²) in [6.07, 6.45) is 4.19. The van der Waals surface area contributed by atoms with E-state index in [1.165, 1.54) is 0 Å². The van der Waals surface area contributed by atoms with Crippen LogP contribution in [0, 0.1) is 0 Å². The van der Waals surface area contributed by atoms with Gasteiger partial charge in [0.15, 0.2) is 0 Å². The average molecular weight is 1030 g/mol. The van der Waals surface area contributed by atoms with Gasteiger partial charge in [0.2, 0.25) is 0 Å². The molecule has 0 unspecified atom stereocenters. The van der Waals surface area contributed by atoms with Crippen LogP contribution in [0.5, 0.6) is 0 Å². The number of nitrogens with zero attached hydrogens (tertiary/aromatic N) is 6. The van der Waals surface area contributed by atoms with Gasteiger partial charge >= 0.3 is 0 Å². The third kappa shape index (κ3) is 9.16. The summed E-state index contributed by atoms with van der Waals surface area (Å²) in [5.41, 5.74) is 23.6. The molecule has 0 N–H and O–H groups in total. The molecule has 0 saturated heterocycles. The summed E-state index contributed by atoms with van der Waals surface area (Å²) in [6, 6.07) is 108. The first kappa shape index (κ1) is 47.6. The molecule has 10 aromatic carbocycles. The van der Waals surface area contributed by atoms with Gasteiger partial charge in [0, 0.05) is 68.8 Å². The van der Waals surface area contributed by atoms with Crippen molar-refractivity contribution in [3.05, 3.63) is 316 Å². The molecule has 6 nitrogen and oxygen atoms in total. The van der Waals surface area contributed by atoms with Crippen LogP contribution in [-0.4, -0.2) is 18.8 Å². The maximum Gasteiger partial charge on any atom is 0.137 e. The van der Waals surface area contributed by atoms with E-state index >= 15 is 0 Å². The van der Waals surface area contributed by atoms with E-state index in [-0.39, 0.29) is 0 Å². The van der Waals surface area contributed by atoms with Crippen molar-refractivity contribution >= 4 is 45.4 Å². The normalized spacial score (nSPS) is 11.2. The third-order valence-electron chi connectivity index (χ3n) is 15.0. The van der Waals surface area contributed by atoms with Crippen LogP contribution in [0.2, 0.25) is 0 Å². The summed E-state index contributed by atoms with van der Waals surface area (Å²) < 4.78 is 4.37. The van der Waals surface area contributed by atoms with Crippen molar-refractivity contribution in [1.82, 2.24) is 18.8 Å². The molecule has 0 fully saturated rings. The molecule has 0 aliphatic rings. The maximum atomic E-state index is 5.06. The Morgan fingerprint density at radius 2 is 0.500 bits per heavy atom. The van der Waals surface area contributed by atoms with Crippen LogP contribution in [-0.2, 0) is 0 Å². The number of para-hydroxylation sites is 2. The molecule has 0 aliphatic carbocycles. The van der Waals surface area contributed by atoms with Crippen LogP contribution in [0.1, 0.15) is 0 Å². The standard InChI is InChI=1S/C74H52N6/c1-5-19-57(20-6-1)71-73(77-49-15-13-31-69(77)75-71)59-37-33-55(34-38-59)61-23-17-29-67(51-61)79(63-25-9-3-10-26-63)65-45-41-53(42-46-65)54-43-47-66(48-44-54)80(64-27-11-4-12-28-64)68-30-18-24-62(52-68)56-35-39-60(40-36-56)74-72(58-21-7-2-8-22-58)76-70-32-14-16-50-78(70)74/h1-52H. The highest BCUT2D eigenvalue weighted by Gasteiger charge is 2.20. The third-order valence-corrected chi connectivity index (χ3v) is 15.0. The zero-order chi connectivity index (χ0) is 53.2. The average Bonchev–Trinajstić information content (AvgIpc) is 4.29. The molecule has 0 spiro atoms. The van der Waals surface area contributed by atoms with Crippen LogP contribution >= 0.6 is 0 Å². The highest BCUT2D eigenvalue weighted by Crippen LogP contribution is 2.42. The summed E-state index contributed by atoms with van der Waals surface area (Å²) in [6.45, 7) is 0. The first-order valence-electron chi connectivity index (χ1n) is 27.0. The Labute approximate surface area is 465 Å². The van der Waals surface area contributed by atoms with Gasteiger partial charge in [-0.3, -0.25) is 8.80 Å². The second-order valence-corrected chi connectivity index (χ2v) is 19.9. The molecule has 0 aliphatic heterocycles. The quantitative estimate of drug-likeness (QED) is 0.115. The number of aromatic nitrogens is 4. The van der Waals surface area contributed by atoms with Crippen LogP contribution in [0.3, 0.4) is 0 Å². The number of rotatable bonds is 13. The molecule has 378 valence electrons. The van der Waals surface area contributed by atoms with Gasteiger partial charge in [0.25, 0.3) is 0 Å². The van der Waals surface area contributed by atoms with Crippen LogP contribution < -0.4 is 9.80 Å². The van der Waals surface area contributed by atoms with Gasteiger partial charge in [0.1, 0.15) is 11.3 Å². The van der Waals surface area contributed by atoms with E-state index in [1.54, 1.807) is 0 Å². The smallest absolute Gasteiger partial charge is 0.137 e. The van der Waals surface area contributed by atoms with Gasteiger partial charge < -0.3 is 9.80 Å². The van der Waals surface area contributed by atoms with Crippen molar-refractivity contribution in [3.8, 4) is 78.4 Å². The van der Waals surface area contributed by atoms with Gasteiger partial charge in [-0.05, 0) is 130 Å². The Morgan fingerprint density at radius 3 is 0.887 bits per heavy atom. The first-order valence-corrected chi connectivity index (χ1v) is 27.0. The number of hydrogen-bond acceptors (Lipinski definition) is 4. The van der Waals surface area contributed by atoms with Crippen LogP contribution in [0.15, 0.2) is 316 Å². The molecule has 4 heterocycles. The molecule has 4 aromatic heterocycles. The number of pyridine rings is 2. The van der Waals surface area contributed by atoms with Gasteiger partial charge in [0.05, 0.1) is 22.8 Å². The largest absolute Gasteiger partial charge is 0.310 e. The highest BCUT2D eigenvalue weighted by atomic mass is 15.1. The number of anilines is 6. The number of imidazole rings is 2. The van der Waals surface area contributed by atoms with Gasteiger partial charge in [-0.25, -0.2) is 9.97 Å². The molecule has 0 saturated carbocycles. The zero-order valence-electron chi connectivity index (χ0n) is 43.7.